The van der Waals surface area contributed by atoms with Gasteiger partial charge in [0.15, 0.2) is 0 Å². The number of hydrogen-bond donors (Lipinski definition) is 1. The number of rotatable bonds is 4. The Hall–Kier alpha value is -0.640. The Kier molecular flexibility index (Phi) is 4.60. The van der Waals surface area contributed by atoms with Crippen LogP contribution in [0.4, 0.5) is 0 Å². The van der Waals surface area contributed by atoms with Crippen LogP contribution in [0.15, 0.2) is 33.4 Å². The third-order valence-corrected chi connectivity index (χ3v) is 4.60. The van der Waals surface area contributed by atoms with E-state index in [0.29, 0.717) is 0 Å². The zero-order valence-electron chi connectivity index (χ0n) is 11.0. The van der Waals surface area contributed by atoms with E-state index in [1.54, 1.807) is 11.3 Å². The lowest BCUT2D eigenvalue weighted by atomic mass is 9.95. The van der Waals surface area contributed by atoms with Gasteiger partial charge in [-0.3, -0.25) is 0 Å². The molecule has 1 nitrogen and oxygen atoms in total. The van der Waals surface area contributed by atoms with Gasteiger partial charge in [-0.1, -0.05) is 30.7 Å². The molecule has 0 aliphatic carbocycles. The summed E-state index contributed by atoms with van der Waals surface area (Å²) in [6.07, 6.45) is 0. The van der Waals surface area contributed by atoms with E-state index in [0.717, 1.165) is 6.54 Å². The predicted molar refractivity (Wildman–Crippen MR) is 83.5 cm³/mol. The molecule has 18 heavy (non-hydrogen) atoms. The monoisotopic (exact) mass is 323 g/mol. The molecule has 2 rings (SSSR count). The van der Waals surface area contributed by atoms with Crippen molar-refractivity contribution < 1.29 is 0 Å². The summed E-state index contributed by atoms with van der Waals surface area (Å²) < 4.78 is 1.19. The van der Waals surface area contributed by atoms with Crippen LogP contribution in [0.5, 0.6) is 0 Å². The first kappa shape index (κ1) is 13.8. The van der Waals surface area contributed by atoms with Crippen molar-refractivity contribution in [2.45, 2.75) is 26.8 Å². The average Bonchev–Trinajstić information content (AvgIpc) is 2.76. The van der Waals surface area contributed by atoms with Gasteiger partial charge in [0.1, 0.15) is 0 Å². The first-order valence-electron chi connectivity index (χ1n) is 6.16. The first-order chi connectivity index (χ1) is 8.61. The van der Waals surface area contributed by atoms with E-state index in [4.69, 9.17) is 0 Å². The van der Waals surface area contributed by atoms with E-state index < -0.39 is 0 Å². The van der Waals surface area contributed by atoms with Gasteiger partial charge in [-0.2, -0.15) is 0 Å². The maximum absolute atomic E-state index is 3.58. The first-order valence-corrected chi connectivity index (χ1v) is 7.83. The number of hydrogen-bond acceptors (Lipinski definition) is 2. The highest BCUT2D eigenvalue weighted by molar-refractivity contribution is 9.11. The SMILES string of the molecule is CCNC(c1csc(Br)c1)c1cc(C)ccc1C. The summed E-state index contributed by atoms with van der Waals surface area (Å²) in [5, 5.41) is 5.80. The second-order valence-corrected chi connectivity index (χ2v) is 6.83. The van der Waals surface area contributed by atoms with Gasteiger partial charge >= 0.3 is 0 Å². The van der Waals surface area contributed by atoms with E-state index in [1.165, 1.54) is 26.0 Å². The van der Waals surface area contributed by atoms with Crippen molar-refractivity contribution >= 4 is 27.3 Å². The molecule has 0 radical (unpaired) electrons. The minimum Gasteiger partial charge on any atom is -0.306 e. The van der Waals surface area contributed by atoms with Gasteiger partial charge in [0.2, 0.25) is 0 Å². The van der Waals surface area contributed by atoms with E-state index in [1.807, 2.05) is 0 Å². The van der Waals surface area contributed by atoms with Crippen LogP contribution in [0.2, 0.25) is 0 Å². The Labute approximate surface area is 121 Å². The minimum atomic E-state index is 0.289. The van der Waals surface area contributed by atoms with Gasteiger partial charge in [-0.15, -0.1) is 11.3 Å². The third-order valence-electron chi connectivity index (χ3n) is 3.08. The number of halogens is 1. The molecule has 96 valence electrons. The molecular weight excluding hydrogens is 306 g/mol. The molecule has 1 unspecified atom stereocenters. The summed E-state index contributed by atoms with van der Waals surface area (Å²) in [4.78, 5) is 0. The Morgan fingerprint density at radius 1 is 1.28 bits per heavy atom. The van der Waals surface area contributed by atoms with Crippen LogP contribution in [0.1, 0.15) is 35.2 Å². The highest BCUT2D eigenvalue weighted by atomic mass is 79.9. The van der Waals surface area contributed by atoms with Crippen LogP contribution in [0.25, 0.3) is 0 Å². The highest BCUT2D eigenvalue weighted by Crippen LogP contribution is 2.31. The molecule has 0 fully saturated rings. The van der Waals surface area contributed by atoms with Crippen molar-refractivity contribution in [2.75, 3.05) is 6.54 Å². The smallest absolute Gasteiger partial charge is 0.0701 e. The number of aryl methyl sites for hydroxylation is 2. The summed E-state index contributed by atoms with van der Waals surface area (Å²) in [6.45, 7) is 7.45. The maximum Gasteiger partial charge on any atom is 0.0701 e. The van der Waals surface area contributed by atoms with Crippen molar-refractivity contribution in [1.82, 2.24) is 5.32 Å². The number of benzene rings is 1. The third kappa shape index (κ3) is 3.02. The van der Waals surface area contributed by atoms with Gasteiger partial charge in [-0.25, -0.2) is 0 Å². The van der Waals surface area contributed by atoms with Crippen molar-refractivity contribution in [3.8, 4) is 0 Å². The predicted octanol–water partition coefficient (Wildman–Crippen LogP) is 4.83. The molecule has 1 N–H and O–H groups in total. The molecule has 2 aromatic rings. The Morgan fingerprint density at radius 2 is 2.06 bits per heavy atom. The summed E-state index contributed by atoms with van der Waals surface area (Å²) in [6, 6.07) is 9.16. The van der Waals surface area contributed by atoms with Crippen LogP contribution in [0, 0.1) is 13.8 Å². The molecular formula is C15H18BrNS. The van der Waals surface area contributed by atoms with Gasteiger partial charge < -0.3 is 5.32 Å². The Morgan fingerprint density at radius 3 is 2.67 bits per heavy atom. The number of nitrogens with one attached hydrogen (secondary N) is 1. The van der Waals surface area contributed by atoms with Gasteiger partial charge in [-0.05, 0) is 64.5 Å². The van der Waals surface area contributed by atoms with Crippen LogP contribution in [-0.4, -0.2) is 6.54 Å². The van der Waals surface area contributed by atoms with Crippen molar-refractivity contribution in [2.24, 2.45) is 0 Å². The summed E-state index contributed by atoms with van der Waals surface area (Å²) in [7, 11) is 0. The minimum absolute atomic E-state index is 0.289. The zero-order valence-corrected chi connectivity index (χ0v) is 13.4. The standard InChI is InChI=1S/C15H18BrNS/c1-4-17-15(12-8-14(16)18-9-12)13-7-10(2)5-6-11(13)3/h5-9,15,17H,4H2,1-3H3. The molecule has 1 aromatic carbocycles. The molecule has 0 bridgehead atoms. The lowest BCUT2D eigenvalue weighted by Crippen LogP contribution is -2.22. The van der Waals surface area contributed by atoms with Gasteiger partial charge in [0.05, 0.1) is 9.83 Å². The lowest BCUT2D eigenvalue weighted by molar-refractivity contribution is 0.629. The Balaban J connectivity index is 2.44. The molecule has 1 heterocycles. The zero-order chi connectivity index (χ0) is 13.1. The van der Waals surface area contributed by atoms with Crippen LogP contribution in [0.3, 0.4) is 0 Å². The molecule has 0 spiro atoms. The van der Waals surface area contributed by atoms with Crippen molar-refractivity contribution in [3.63, 3.8) is 0 Å². The van der Waals surface area contributed by atoms with E-state index in [-0.39, 0.29) is 6.04 Å². The summed E-state index contributed by atoms with van der Waals surface area (Å²) in [5.74, 6) is 0. The lowest BCUT2D eigenvalue weighted by Gasteiger charge is -2.20. The fourth-order valence-electron chi connectivity index (χ4n) is 2.16. The fourth-order valence-corrected chi connectivity index (χ4v) is 3.36. The molecule has 0 saturated carbocycles. The number of thiophene rings is 1. The van der Waals surface area contributed by atoms with Crippen LogP contribution in [-0.2, 0) is 0 Å². The highest BCUT2D eigenvalue weighted by Gasteiger charge is 2.16. The second-order valence-electron chi connectivity index (χ2n) is 4.53. The average molecular weight is 324 g/mol. The quantitative estimate of drug-likeness (QED) is 0.850. The second kappa shape index (κ2) is 6.00. The molecule has 3 heteroatoms. The summed E-state index contributed by atoms with van der Waals surface area (Å²) >= 11 is 5.29. The van der Waals surface area contributed by atoms with Crippen LogP contribution >= 0.6 is 27.3 Å². The topological polar surface area (TPSA) is 12.0 Å². The molecule has 0 aliphatic heterocycles. The van der Waals surface area contributed by atoms with E-state index in [9.17, 15) is 0 Å². The van der Waals surface area contributed by atoms with E-state index >= 15 is 0 Å². The normalized spacial score (nSPS) is 12.7. The van der Waals surface area contributed by atoms with Gasteiger partial charge in [0.25, 0.3) is 0 Å². The summed E-state index contributed by atoms with van der Waals surface area (Å²) in [5.41, 5.74) is 5.37. The fraction of sp³-hybridized carbons (Fsp3) is 0.333. The molecule has 0 amide bonds. The van der Waals surface area contributed by atoms with Crippen LogP contribution < -0.4 is 5.32 Å². The molecule has 0 saturated heterocycles. The molecule has 1 atom stereocenters. The van der Waals surface area contributed by atoms with Crippen molar-refractivity contribution in [1.29, 1.82) is 0 Å². The molecule has 1 aromatic heterocycles. The Bertz CT molecular complexity index is 533. The molecule has 0 aliphatic rings. The van der Waals surface area contributed by atoms with Gasteiger partial charge in [0, 0.05) is 0 Å². The van der Waals surface area contributed by atoms with E-state index in [2.05, 4.69) is 71.7 Å². The largest absolute Gasteiger partial charge is 0.306 e. The van der Waals surface area contributed by atoms with Crippen molar-refractivity contribution in [3.05, 3.63) is 55.7 Å². The maximum atomic E-state index is 3.58.